The van der Waals surface area contributed by atoms with Gasteiger partial charge in [0.05, 0.1) is 18.6 Å². The van der Waals surface area contributed by atoms with E-state index in [1.165, 1.54) is 4.57 Å². The lowest BCUT2D eigenvalue weighted by Gasteiger charge is -2.33. The molecule has 2 N–H and O–H groups in total. The van der Waals surface area contributed by atoms with Crippen molar-refractivity contribution in [3.05, 3.63) is 34.2 Å². The highest BCUT2D eigenvalue weighted by Crippen LogP contribution is 2.27. The Bertz CT molecular complexity index is 997. The summed E-state index contributed by atoms with van der Waals surface area (Å²) in [6, 6.07) is 3.70. The highest BCUT2D eigenvalue weighted by atomic mass is 16.5. The van der Waals surface area contributed by atoms with E-state index in [1.807, 2.05) is 0 Å². The molecule has 8 nitrogen and oxygen atoms in total. The summed E-state index contributed by atoms with van der Waals surface area (Å²) in [6.45, 7) is 7.47. The highest BCUT2D eigenvalue weighted by molar-refractivity contribution is 6.01. The first kappa shape index (κ1) is 21.8. The van der Waals surface area contributed by atoms with Crippen LogP contribution in [0.25, 0.3) is 11.0 Å². The van der Waals surface area contributed by atoms with Crippen molar-refractivity contribution < 1.29 is 14.6 Å². The SMILES string of the molecule is C[C@H]1COCCN1CCn1c(=O)c(C(=O)N[C@H]2CC[C@@H](C)CC2)c(O)c2cccnc21. The minimum atomic E-state index is -0.499. The van der Waals surface area contributed by atoms with Gasteiger partial charge in [-0.25, -0.2) is 4.98 Å². The molecule has 168 valence electrons. The van der Waals surface area contributed by atoms with Gasteiger partial charge in [-0.15, -0.1) is 0 Å². The minimum Gasteiger partial charge on any atom is -0.506 e. The Balaban J connectivity index is 1.64. The van der Waals surface area contributed by atoms with Crippen LogP contribution in [0.3, 0.4) is 0 Å². The third-order valence-electron chi connectivity index (χ3n) is 6.69. The number of amides is 1. The molecule has 4 rings (SSSR count). The quantitative estimate of drug-likeness (QED) is 0.757. The molecule has 2 fully saturated rings. The minimum absolute atomic E-state index is 0.0368. The van der Waals surface area contributed by atoms with Crippen LogP contribution in [0.1, 0.15) is 49.9 Å². The summed E-state index contributed by atoms with van der Waals surface area (Å²) in [7, 11) is 0. The van der Waals surface area contributed by atoms with Crippen molar-refractivity contribution in [2.75, 3.05) is 26.3 Å². The van der Waals surface area contributed by atoms with E-state index in [-0.39, 0.29) is 23.4 Å². The number of carbonyl (C=O) groups excluding carboxylic acids is 1. The van der Waals surface area contributed by atoms with Crippen LogP contribution in [-0.4, -0.2) is 63.9 Å². The van der Waals surface area contributed by atoms with Gasteiger partial charge in [-0.05, 0) is 50.7 Å². The number of ether oxygens (including phenoxy) is 1. The van der Waals surface area contributed by atoms with Crippen molar-refractivity contribution in [3.8, 4) is 5.75 Å². The Hall–Kier alpha value is -2.45. The summed E-state index contributed by atoms with van der Waals surface area (Å²) in [5, 5.41) is 14.2. The van der Waals surface area contributed by atoms with Crippen molar-refractivity contribution >= 4 is 16.9 Å². The number of nitrogens with zero attached hydrogens (tertiary/aromatic N) is 3. The molecule has 0 bridgehead atoms. The van der Waals surface area contributed by atoms with E-state index in [0.29, 0.717) is 43.3 Å². The fourth-order valence-electron chi connectivity index (χ4n) is 4.66. The lowest BCUT2D eigenvalue weighted by Crippen LogP contribution is -2.46. The average molecular weight is 429 g/mol. The summed E-state index contributed by atoms with van der Waals surface area (Å²) in [4.78, 5) is 33.0. The number of morpholine rings is 1. The molecule has 2 aromatic rings. The number of rotatable bonds is 5. The Morgan fingerprint density at radius 1 is 1.26 bits per heavy atom. The van der Waals surface area contributed by atoms with Gasteiger partial charge in [0.2, 0.25) is 0 Å². The average Bonchev–Trinajstić information content (AvgIpc) is 2.76. The van der Waals surface area contributed by atoms with Crippen LogP contribution in [0.4, 0.5) is 0 Å². The first-order chi connectivity index (χ1) is 15.0. The van der Waals surface area contributed by atoms with Crippen LogP contribution in [0.15, 0.2) is 23.1 Å². The van der Waals surface area contributed by atoms with Crippen molar-refractivity contribution in [1.82, 2.24) is 19.8 Å². The lowest BCUT2D eigenvalue weighted by atomic mass is 9.87. The smallest absolute Gasteiger partial charge is 0.268 e. The van der Waals surface area contributed by atoms with Gasteiger partial charge in [-0.1, -0.05) is 6.92 Å². The second-order valence-electron chi connectivity index (χ2n) is 8.95. The van der Waals surface area contributed by atoms with E-state index in [4.69, 9.17) is 4.74 Å². The van der Waals surface area contributed by atoms with Gasteiger partial charge < -0.3 is 15.2 Å². The summed E-state index contributed by atoms with van der Waals surface area (Å²) >= 11 is 0. The predicted octanol–water partition coefficient (Wildman–Crippen LogP) is 2.13. The number of hydrogen-bond donors (Lipinski definition) is 2. The Morgan fingerprint density at radius 2 is 2.03 bits per heavy atom. The Labute approximate surface area is 182 Å². The van der Waals surface area contributed by atoms with Crippen LogP contribution in [0, 0.1) is 5.92 Å². The largest absolute Gasteiger partial charge is 0.506 e. The predicted molar refractivity (Wildman–Crippen MR) is 118 cm³/mol. The van der Waals surface area contributed by atoms with Crippen molar-refractivity contribution in [2.24, 2.45) is 5.92 Å². The third-order valence-corrected chi connectivity index (χ3v) is 6.69. The fraction of sp³-hybridized carbons (Fsp3) is 0.609. The van der Waals surface area contributed by atoms with Crippen LogP contribution in [0.2, 0.25) is 0 Å². The lowest BCUT2D eigenvalue weighted by molar-refractivity contribution is -0.00163. The molecule has 1 atom stereocenters. The summed E-state index contributed by atoms with van der Waals surface area (Å²) in [5.41, 5.74) is -0.283. The molecule has 8 heteroatoms. The fourth-order valence-corrected chi connectivity index (χ4v) is 4.66. The van der Waals surface area contributed by atoms with Crippen LogP contribution >= 0.6 is 0 Å². The van der Waals surface area contributed by atoms with E-state index < -0.39 is 11.5 Å². The van der Waals surface area contributed by atoms with Gasteiger partial charge in [-0.2, -0.15) is 0 Å². The van der Waals surface area contributed by atoms with Gasteiger partial charge in [0.15, 0.2) is 0 Å². The molecule has 31 heavy (non-hydrogen) atoms. The van der Waals surface area contributed by atoms with E-state index in [2.05, 4.69) is 29.0 Å². The first-order valence-electron chi connectivity index (χ1n) is 11.3. The maximum Gasteiger partial charge on any atom is 0.268 e. The molecule has 0 aromatic carbocycles. The number of carbonyl (C=O) groups is 1. The first-order valence-corrected chi connectivity index (χ1v) is 11.3. The molecule has 2 aromatic heterocycles. The zero-order valence-corrected chi connectivity index (χ0v) is 18.3. The standard InChI is InChI=1S/C23H32N4O4/c1-15-5-7-17(8-6-15)25-22(29)19-20(28)18-4-3-9-24-21(18)27(23(19)30)11-10-26-12-13-31-14-16(26)2/h3-4,9,15-17,28H,5-8,10-14H2,1-2H3,(H,25,29)/t15-,16-,17+/m0/s1. The van der Waals surface area contributed by atoms with E-state index >= 15 is 0 Å². The summed E-state index contributed by atoms with van der Waals surface area (Å²) in [5.74, 6) is -0.125. The van der Waals surface area contributed by atoms with Crippen LogP contribution in [0.5, 0.6) is 5.75 Å². The van der Waals surface area contributed by atoms with Crippen molar-refractivity contribution in [3.63, 3.8) is 0 Å². The van der Waals surface area contributed by atoms with Gasteiger partial charge in [0.1, 0.15) is 17.0 Å². The molecule has 1 amide bonds. The zero-order chi connectivity index (χ0) is 22.0. The number of pyridine rings is 2. The topological polar surface area (TPSA) is 96.7 Å². The number of aromatic hydroxyl groups is 1. The third kappa shape index (κ3) is 4.60. The molecule has 0 spiro atoms. The Morgan fingerprint density at radius 3 is 2.77 bits per heavy atom. The molecule has 1 saturated carbocycles. The monoisotopic (exact) mass is 428 g/mol. The summed E-state index contributed by atoms with van der Waals surface area (Å²) < 4.78 is 7.02. The van der Waals surface area contributed by atoms with Crippen LogP contribution < -0.4 is 10.9 Å². The normalized spacial score (nSPS) is 24.9. The van der Waals surface area contributed by atoms with Gasteiger partial charge in [0, 0.05) is 37.9 Å². The van der Waals surface area contributed by atoms with E-state index in [9.17, 15) is 14.7 Å². The van der Waals surface area contributed by atoms with Crippen molar-refractivity contribution in [1.29, 1.82) is 0 Å². The van der Waals surface area contributed by atoms with Gasteiger partial charge >= 0.3 is 0 Å². The highest BCUT2D eigenvalue weighted by Gasteiger charge is 2.27. The molecule has 0 unspecified atom stereocenters. The zero-order valence-electron chi connectivity index (χ0n) is 18.3. The number of fused-ring (bicyclic) bond motifs is 1. The van der Waals surface area contributed by atoms with E-state index in [0.717, 1.165) is 32.2 Å². The van der Waals surface area contributed by atoms with Gasteiger partial charge in [0.25, 0.3) is 11.5 Å². The molecule has 1 aliphatic heterocycles. The van der Waals surface area contributed by atoms with Crippen molar-refractivity contribution in [2.45, 2.75) is 58.2 Å². The molecule has 3 heterocycles. The molecule has 2 aliphatic rings. The second kappa shape index (κ2) is 9.36. The summed E-state index contributed by atoms with van der Waals surface area (Å²) in [6.07, 6.45) is 5.50. The molecule has 1 saturated heterocycles. The number of nitrogens with one attached hydrogen (secondary N) is 1. The second-order valence-corrected chi connectivity index (χ2v) is 8.95. The number of hydrogen-bond acceptors (Lipinski definition) is 6. The maximum absolute atomic E-state index is 13.4. The molecule has 0 radical (unpaired) electrons. The van der Waals surface area contributed by atoms with E-state index in [1.54, 1.807) is 18.3 Å². The Kier molecular flexibility index (Phi) is 6.57. The van der Waals surface area contributed by atoms with Gasteiger partial charge in [-0.3, -0.25) is 19.1 Å². The number of aromatic nitrogens is 2. The van der Waals surface area contributed by atoms with Crippen LogP contribution in [-0.2, 0) is 11.3 Å². The molecule has 1 aliphatic carbocycles. The molecular formula is C23H32N4O4. The maximum atomic E-state index is 13.4. The molecular weight excluding hydrogens is 396 g/mol.